The number of aryl methyl sites for hydroxylation is 2. The molecule has 3 aromatic rings. The molecule has 0 saturated carbocycles. The molecular weight excluding hydrogens is 388 g/mol. The minimum absolute atomic E-state index is 0.0409. The number of carbonyl (C=O) groups excluding carboxylic acids is 1. The molecule has 3 rings (SSSR count). The van der Waals surface area contributed by atoms with Crippen LogP contribution in [0.1, 0.15) is 49.3 Å². The molecule has 2 atom stereocenters. The third kappa shape index (κ3) is 4.97. The lowest BCUT2D eigenvalue weighted by atomic mass is 9.95. The molecule has 0 aliphatic rings. The summed E-state index contributed by atoms with van der Waals surface area (Å²) in [5.74, 6) is 0.834. The van der Waals surface area contributed by atoms with Gasteiger partial charge in [0.05, 0.1) is 24.0 Å². The van der Waals surface area contributed by atoms with Gasteiger partial charge in [-0.3, -0.25) is 4.79 Å². The van der Waals surface area contributed by atoms with E-state index in [4.69, 9.17) is 5.73 Å². The van der Waals surface area contributed by atoms with Gasteiger partial charge in [0, 0.05) is 6.04 Å². The average Bonchev–Trinajstić information content (AvgIpc) is 3.21. The molecule has 0 radical (unpaired) electrons. The summed E-state index contributed by atoms with van der Waals surface area (Å²) in [6.07, 6.45) is 2.22. The van der Waals surface area contributed by atoms with Gasteiger partial charge in [-0.25, -0.2) is 4.98 Å². The topological polar surface area (TPSA) is 95.2 Å². The van der Waals surface area contributed by atoms with Crippen molar-refractivity contribution in [1.82, 2.24) is 14.9 Å². The Balaban J connectivity index is 1.81. The van der Waals surface area contributed by atoms with Crippen molar-refractivity contribution in [3.05, 3.63) is 71.2 Å². The summed E-state index contributed by atoms with van der Waals surface area (Å²) in [6, 6.07) is 12.4. The van der Waals surface area contributed by atoms with Crippen LogP contribution in [0, 0.1) is 13.8 Å². The fraction of sp³-hybridized carbons (Fsp3) is 0.360. The Bertz CT molecular complexity index is 1020. The summed E-state index contributed by atoms with van der Waals surface area (Å²) in [5, 5.41) is 9.79. The van der Waals surface area contributed by atoms with Crippen LogP contribution in [0.3, 0.4) is 0 Å². The summed E-state index contributed by atoms with van der Waals surface area (Å²) in [4.78, 5) is 23.1. The van der Waals surface area contributed by atoms with Crippen LogP contribution in [-0.2, 0) is 11.2 Å². The van der Waals surface area contributed by atoms with E-state index in [1.165, 1.54) is 0 Å². The van der Waals surface area contributed by atoms with E-state index in [0.29, 0.717) is 6.42 Å². The molecule has 1 unspecified atom stereocenters. The van der Waals surface area contributed by atoms with Crippen LogP contribution in [0.5, 0.6) is 5.75 Å². The number of aromatic amines is 1. The number of aromatic hydroxyl groups is 1. The van der Waals surface area contributed by atoms with Crippen molar-refractivity contribution in [2.24, 2.45) is 5.73 Å². The highest BCUT2D eigenvalue weighted by Crippen LogP contribution is 2.26. The fourth-order valence-corrected chi connectivity index (χ4v) is 4.13. The normalized spacial score (nSPS) is 13.3. The Morgan fingerprint density at radius 1 is 1.13 bits per heavy atom. The van der Waals surface area contributed by atoms with Gasteiger partial charge in [-0.05, 0) is 75.4 Å². The number of nitrogens with two attached hydrogens (primary N) is 1. The minimum Gasteiger partial charge on any atom is -0.508 e. The number of H-pyrrole nitrogens is 1. The predicted molar refractivity (Wildman–Crippen MR) is 124 cm³/mol. The van der Waals surface area contributed by atoms with E-state index in [-0.39, 0.29) is 23.7 Å². The number of aromatic nitrogens is 2. The monoisotopic (exact) mass is 420 g/mol. The molecule has 164 valence electrons. The van der Waals surface area contributed by atoms with Crippen molar-refractivity contribution < 1.29 is 9.90 Å². The largest absolute Gasteiger partial charge is 0.508 e. The zero-order valence-electron chi connectivity index (χ0n) is 18.9. The van der Waals surface area contributed by atoms with Crippen LogP contribution in [0.4, 0.5) is 0 Å². The molecule has 0 fully saturated rings. The fourth-order valence-electron chi connectivity index (χ4n) is 4.13. The molecule has 1 heterocycles. The number of carbonyl (C=O) groups is 1. The zero-order valence-corrected chi connectivity index (χ0v) is 18.9. The highest BCUT2D eigenvalue weighted by molar-refractivity contribution is 5.82. The molecule has 31 heavy (non-hydrogen) atoms. The Morgan fingerprint density at radius 3 is 2.32 bits per heavy atom. The van der Waals surface area contributed by atoms with Crippen LogP contribution in [-0.4, -0.2) is 38.0 Å². The first-order valence-corrected chi connectivity index (χ1v) is 10.7. The maximum absolute atomic E-state index is 13.4. The van der Waals surface area contributed by atoms with Crippen LogP contribution >= 0.6 is 0 Å². The Hall–Kier alpha value is -3.12. The van der Waals surface area contributed by atoms with E-state index in [0.717, 1.165) is 33.8 Å². The molecule has 1 amide bonds. The molecule has 0 spiro atoms. The second-order valence-corrected chi connectivity index (χ2v) is 8.43. The number of hydrogen-bond donors (Lipinski definition) is 3. The Kier molecular flexibility index (Phi) is 6.81. The van der Waals surface area contributed by atoms with E-state index in [1.54, 1.807) is 23.2 Å². The smallest absolute Gasteiger partial charge is 0.240 e. The van der Waals surface area contributed by atoms with Gasteiger partial charge >= 0.3 is 0 Å². The number of rotatable bonds is 7. The number of nitrogens with zero attached hydrogens (tertiary/aromatic N) is 2. The van der Waals surface area contributed by atoms with E-state index >= 15 is 0 Å². The third-order valence-corrected chi connectivity index (χ3v) is 5.73. The molecule has 4 N–H and O–H groups in total. The van der Waals surface area contributed by atoms with Crippen molar-refractivity contribution in [3.8, 4) is 17.0 Å². The molecule has 0 aliphatic carbocycles. The number of imidazole rings is 1. The Morgan fingerprint density at radius 2 is 1.74 bits per heavy atom. The standard InChI is InChI=1S/C25H32N4O2/c1-15(2)29(18(5)24-27-14-23(28-24)19-9-7-6-8-10-19)25(31)22(26)13-21-16(3)11-20(30)12-17(21)4/h6-12,14-15,18,22,30H,13,26H2,1-5H3,(H,27,28)/t18-,22?/m0/s1. The van der Waals surface area contributed by atoms with Gasteiger partial charge in [0.25, 0.3) is 0 Å². The van der Waals surface area contributed by atoms with Crippen LogP contribution in [0.25, 0.3) is 11.3 Å². The molecule has 2 aromatic carbocycles. The van der Waals surface area contributed by atoms with Gasteiger partial charge in [-0.1, -0.05) is 30.3 Å². The van der Waals surface area contributed by atoms with Crippen molar-refractivity contribution in [2.45, 2.75) is 59.2 Å². The minimum atomic E-state index is -0.685. The zero-order chi connectivity index (χ0) is 22.7. The summed E-state index contributed by atoms with van der Waals surface area (Å²) in [7, 11) is 0. The van der Waals surface area contributed by atoms with Crippen molar-refractivity contribution in [1.29, 1.82) is 0 Å². The van der Waals surface area contributed by atoms with Crippen molar-refractivity contribution in [3.63, 3.8) is 0 Å². The molecule has 1 aromatic heterocycles. The van der Waals surface area contributed by atoms with Gasteiger partial charge < -0.3 is 20.7 Å². The number of phenols is 1. The lowest BCUT2D eigenvalue weighted by Gasteiger charge is -2.34. The summed E-state index contributed by atoms with van der Waals surface area (Å²) >= 11 is 0. The maximum Gasteiger partial charge on any atom is 0.240 e. The molecule has 0 bridgehead atoms. The Labute approximate surface area is 184 Å². The first-order chi connectivity index (χ1) is 14.7. The molecule has 6 nitrogen and oxygen atoms in total. The van der Waals surface area contributed by atoms with E-state index < -0.39 is 6.04 Å². The van der Waals surface area contributed by atoms with Gasteiger partial charge in [0.2, 0.25) is 5.91 Å². The van der Waals surface area contributed by atoms with E-state index in [1.807, 2.05) is 65.0 Å². The van der Waals surface area contributed by atoms with Gasteiger partial charge in [0.1, 0.15) is 11.6 Å². The van der Waals surface area contributed by atoms with Gasteiger partial charge in [-0.2, -0.15) is 0 Å². The molecule has 0 saturated heterocycles. The molecular formula is C25H32N4O2. The van der Waals surface area contributed by atoms with Crippen molar-refractivity contribution >= 4 is 5.91 Å². The van der Waals surface area contributed by atoms with Crippen LogP contribution in [0.15, 0.2) is 48.7 Å². The lowest BCUT2D eigenvalue weighted by molar-refractivity contribution is -0.137. The van der Waals surface area contributed by atoms with Gasteiger partial charge in [-0.15, -0.1) is 0 Å². The number of amides is 1. The second kappa shape index (κ2) is 9.35. The second-order valence-electron chi connectivity index (χ2n) is 8.43. The number of nitrogens with one attached hydrogen (secondary N) is 1. The SMILES string of the molecule is Cc1cc(O)cc(C)c1CC(N)C(=O)N(C(C)C)[C@@H](C)c1ncc(-c2ccccc2)[nH]1. The number of hydrogen-bond acceptors (Lipinski definition) is 4. The molecule has 6 heteroatoms. The molecule has 0 aliphatic heterocycles. The van der Waals surface area contributed by atoms with Crippen LogP contribution in [0.2, 0.25) is 0 Å². The van der Waals surface area contributed by atoms with Gasteiger partial charge in [0.15, 0.2) is 0 Å². The summed E-state index contributed by atoms with van der Waals surface area (Å²) in [6.45, 7) is 9.79. The van der Waals surface area contributed by atoms with E-state index in [2.05, 4.69) is 9.97 Å². The van der Waals surface area contributed by atoms with Crippen molar-refractivity contribution in [2.75, 3.05) is 0 Å². The first kappa shape index (κ1) is 22.6. The average molecular weight is 421 g/mol. The maximum atomic E-state index is 13.4. The first-order valence-electron chi connectivity index (χ1n) is 10.7. The van der Waals surface area contributed by atoms with E-state index in [9.17, 15) is 9.90 Å². The predicted octanol–water partition coefficient (Wildman–Crippen LogP) is 4.27. The highest BCUT2D eigenvalue weighted by atomic mass is 16.3. The highest BCUT2D eigenvalue weighted by Gasteiger charge is 2.30. The lowest BCUT2D eigenvalue weighted by Crippen LogP contribution is -2.49. The third-order valence-electron chi connectivity index (χ3n) is 5.73. The number of benzene rings is 2. The summed E-state index contributed by atoms with van der Waals surface area (Å²) < 4.78 is 0. The quantitative estimate of drug-likeness (QED) is 0.532. The number of phenolic OH excluding ortho intramolecular Hbond substituents is 1. The summed E-state index contributed by atoms with van der Waals surface area (Å²) in [5.41, 5.74) is 11.2. The van der Waals surface area contributed by atoms with Crippen LogP contribution < -0.4 is 5.73 Å².